The highest BCUT2D eigenvalue weighted by molar-refractivity contribution is 6.05. The van der Waals surface area contributed by atoms with Crippen LogP contribution in [0.5, 0.6) is 0 Å². The summed E-state index contributed by atoms with van der Waals surface area (Å²) in [6.45, 7) is 0. The Kier molecular flexibility index (Phi) is 8.38. The predicted octanol–water partition coefficient (Wildman–Crippen LogP) is 15.0. The number of hydrogen-bond donors (Lipinski definition) is 0. The van der Waals surface area contributed by atoms with Crippen molar-refractivity contribution in [2.45, 2.75) is 37.5 Å². The molecule has 0 N–H and O–H groups in total. The number of para-hydroxylation sites is 1. The topological polar surface area (TPSA) is 51.8 Å². The van der Waals surface area contributed by atoms with E-state index in [-0.39, 0.29) is 5.41 Å². The third-order valence-electron chi connectivity index (χ3n) is 13.1. The lowest BCUT2D eigenvalue weighted by Gasteiger charge is -2.37. The second-order valence-corrected chi connectivity index (χ2v) is 16.6. The van der Waals surface area contributed by atoms with Gasteiger partial charge in [-0.25, -0.2) is 15.0 Å². The minimum Gasteiger partial charge on any atom is -0.456 e. The van der Waals surface area contributed by atoms with Gasteiger partial charge in [-0.2, -0.15) is 0 Å². The van der Waals surface area contributed by atoms with Crippen LogP contribution in [0.3, 0.4) is 0 Å². The average Bonchev–Trinajstić information content (AvgIpc) is 3.84. The largest absolute Gasteiger partial charge is 0.456 e. The summed E-state index contributed by atoms with van der Waals surface area (Å²) in [5.41, 5.74) is 17.5. The van der Waals surface area contributed by atoms with Crippen LogP contribution in [0, 0.1) is 0 Å². The zero-order valence-electron chi connectivity index (χ0n) is 33.7. The van der Waals surface area contributed by atoms with Crippen molar-refractivity contribution >= 4 is 21.9 Å². The number of fused-ring (bicyclic) bond motifs is 8. The van der Waals surface area contributed by atoms with Crippen molar-refractivity contribution in [2.24, 2.45) is 0 Å². The van der Waals surface area contributed by atoms with Crippen LogP contribution in [0.15, 0.2) is 192 Å². The van der Waals surface area contributed by atoms with Crippen LogP contribution in [0.2, 0.25) is 0 Å². The molecule has 8 aromatic carbocycles. The molecule has 4 heteroatoms. The fourth-order valence-corrected chi connectivity index (χ4v) is 10.3. The summed E-state index contributed by atoms with van der Waals surface area (Å²) in [6.07, 6.45) is 6.25. The van der Waals surface area contributed by atoms with Crippen LogP contribution in [-0.2, 0) is 5.41 Å². The van der Waals surface area contributed by atoms with Crippen molar-refractivity contribution in [2.75, 3.05) is 0 Å². The van der Waals surface area contributed by atoms with Crippen LogP contribution in [-0.4, -0.2) is 15.0 Å². The Labute approximate surface area is 355 Å². The quantitative estimate of drug-likeness (QED) is 0.169. The van der Waals surface area contributed by atoms with Gasteiger partial charge in [0, 0.05) is 32.9 Å². The van der Waals surface area contributed by atoms with Crippen molar-refractivity contribution in [3.63, 3.8) is 0 Å². The lowest BCUT2D eigenvalue weighted by atomic mass is 9.66. The van der Waals surface area contributed by atoms with Crippen LogP contribution < -0.4 is 0 Å². The van der Waals surface area contributed by atoms with Gasteiger partial charge in [0.15, 0.2) is 17.5 Å². The molecule has 10 aromatic rings. The van der Waals surface area contributed by atoms with Gasteiger partial charge in [0.25, 0.3) is 0 Å². The van der Waals surface area contributed by atoms with Crippen LogP contribution in [0.25, 0.3) is 101 Å². The van der Waals surface area contributed by atoms with Gasteiger partial charge in [-0.3, -0.25) is 0 Å². The Balaban J connectivity index is 0.957. The fraction of sp³-hybridized carbons (Fsp3) is 0.105. The van der Waals surface area contributed by atoms with Crippen LogP contribution >= 0.6 is 0 Å². The third-order valence-corrected chi connectivity index (χ3v) is 13.1. The maximum atomic E-state index is 6.31. The van der Waals surface area contributed by atoms with E-state index >= 15 is 0 Å². The molecule has 0 amide bonds. The molecule has 4 nitrogen and oxygen atoms in total. The minimum absolute atomic E-state index is 0.0710. The molecule has 0 bridgehead atoms. The molecule has 0 atom stereocenters. The van der Waals surface area contributed by atoms with E-state index in [1.165, 1.54) is 71.0 Å². The van der Waals surface area contributed by atoms with Gasteiger partial charge >= 0.3 is 0 Å². The molecular formula is C57H41N3O. The van der Waals surface area contributed by atoms with Gasteiger partial charge in [0.2, 0.25) is 0 Å². The summed E-state index contributed by atoms with van der Waals surface area (Å²) < 4.78 is 6.31. The van der Waals surface area contributed by atoms with Crippen molar-refractivity contribution < 1.29 is 4.42 Å². The van der Waals surface area contributed by atoms with Crippen molar-refractivity contribution in [1.29, 1.82) is 0 Å². The van der Waals surface area contributed by atoms with Gasteiger partial charge in [0.05, 0.1) is 0 Å². The summed E-state index contributed by atoms with van der Waals surface area (Å²) in [7, 11) is 0. The summed E-state index contributed by atoms with van der Waals surface area (Å²) >= 11 is 0. The maximum Gasteiger partial charge on any atom is 0.164 e. The molecule has 0 saturated heterocycles. The van der Waals surface area contributed by atoms with Crippen molar-refractivity contribution in [1.82, 2.24) is 15.0 Å². The second kappa shape index (κ2) is 14.4. The molecule has 290 valence electrons. The van der Waals surface area contributed by atoms with E-state index in [0.29, 0.717) is 17.5 Å². The predicted molar refractivity (Wildman–Crippen MR) is 249 cm³/mol. The zero-order valence-corrected chi connectivity index (χ0v) is 33.7. The molecule has 2 aliphatic rings. The Morgan fingerprint density at radius 3 is 1.67 bits per heavy atom. The molecule has 2 heterocycles. The Bertz CT molecular complexity index is 3280. The molecule has 0 radical (unpaired) electrons. The molecule has 0 aliphatic heterocycles. The first-order valence-electron chi connectivity index (χ1n) is 21.5. The number of benzene rings is 8. The highest BCUT2D eigenvalue weighted by atomic mass is 16.3. The van der Waals surface area contributed by atoms with Crippen molar-refractivity contribution in [3.8, 4) is 78.7 Å². The van der Waals surface area contributed by atoms with Gasteiger partial charge in [0.1, 0.15) is 11.2 Å². The van der Waals surface area contributed by atoms with Gasteiger partial charge in [-0.1, -0.05) is 177 Å². The van der Waals surface area contributed by atoms with E-state index in [9.17, 15) is 0 Å². The highest BCUT2D eigenvalue weighted by Gasteiger charge is 2.45. The smallest absolute Gasteiger partial charge is 0.164 e. The Morgan fingerprint density at radius 1 is 0.344 bits per heavy atom. The number of furan rings is 1. The summed E-state index contributed by atoms with van der Waals surface area (Å²) in [5.74, 6) is 1.83. The second-order valence-electron chi connectivity index (χ2n) is 16.6. The van der Waals surface area contributed by atoms with E-state index in [2.05, 4.69) is 164 Å². The summed E-state index contributed by atoms with van der Waals surface area (Å²) in [4.78, 5) is 15.4. The molecule has 2 aromatic heterocycles. The van der Waals surface area contributed by atoms with E-state index in [0.717, 1.165) is 55.3 Å². The number of rotatable bonds is 6. The minimum atomic E-state index is 0.0710. The number of hydrogen-bond acceptors (Lipinski definition) is 4. The average molecular weight is 784 g/mol. The normalized spacial score (nSPS) is 14.0. The molecule has 1 fully saturated rings. The van der Waals surface area contributed by atoms with E-state index in [4.69, 9.17) is 19.4 Å². The monoisotopic (exact) mass is 783 g/mol. The van der Waals surface area contributed by atoms with E-state index in [1.54, 1.807) is 0 Å². The highest BCUT2D eigenvalue weighted by Crippen LogP contribution is 2.58. The number of nitrogens with zero attached hydrogens (tertiary/aromatic N) is 3. The Morgan fingerprint density at radius 2 is 0.869 bits per heavy atom. The van der Waals surface area contributed by atoms with Gasteiger partial charge in [-0.05, 0) is 98.8 Å². The number of aromatic nitrogens is 3. The first kappa shape index (κ1) is 35.5. The third kappa shape index (κ3) is 6.01. The lowest BCUT2D eigenvalue weighted by Crippen LogP contribution is -2.28. The summed E-state index contributed by atoms with van der Waals surface area (Å²) in [5, 5.41) is 2.16. The SMILES string of the molecule is c1ccc(-c2ccc(-c3nc(-c4cccc(-c5cccc(-c6cccc7c6C6(CCCCC6)c6ccccc6-7)c5)c4)nc(-c4ccc5c(c4)oc4ccccc45)n3)cc2)cc1. The standard InChI is InChI=1S/C57H41N3O/c1-3-14-37(15-4-1)38-26-28-39(29-27-38)54-58-55(60-56(59-54)44-30-31-48-47-21-6-8-25-51(47)61-52(48)36-44)43-19-12-17-41(35-43)40-16-11-18-42(34-40)45-22-13-23-49-46-20-5-7-24-50(46)57(53(45)49)32-9-2-10-33-57/h1,3-8,11-31,34-36H,2,9-10,32-33H2. The molecule has 2 aliphatic carbocycles. The maximum absolute atomic E-state index is 6.31. The lowest BCUT2D eigenvalue weighted by molar-refractivity contribution is 0.353. The summed E-state index contributed by atoms with van der Waals surface area (Å²) in [6, 6.07) is 67.1. The molecule has 0 unspecified atom stereocenters. The van der Waals surface area contributed by atoms with E-state index < -0.39 is 0 Å². The fourth-order valence-electron chi connectivity index (χ4n) is 10.3. The van der Waals surface area contributed by atoms with Crippen LogP contribution in [0.4, 0.5) is 0 Å². The van der Waals surface area contributed by atoms with Crippen molar-refractivity contribution in [3.05, 3.63) is 199 Å². The molecule has 1 spiro atoms. The van der Waals surface area contributed by atoms with Gasteiger partial charge in [-0.15, -0.1) is 0 Å². The van der Waals surface area contributed by atoms with Gasteiger partial charge < -0.3 is 4.42 Å². The van der Waals surface area contributed by atoms with E-state index in [1.807, 2.05) is 24.3 Å². The molecule has 1 saturated carbocycles. The Hall–Kier alpha value is -7.43. The van der Waals surface area contributed by atoms with Crippen LogP contribution in [0.1, 0.15) is 43.2 Å². The molecule has 61 heavy (non-hydrogen) atoms. The molecular weight excluding hydrogens is 743 g/mol. The first-order chi connectivity index (χ1) is 30.2. The first-order valence-corrected chi connectivity index (χ1v) is 21.5. The zero-order chi connectivity index (χ0) is 40.3. The molecule has 12 rings (SSSR count).